The first-order valence-corrected chi connectivity index (χ1v) is 4.98. The van der Waals surface area contributed by atoms with Crippen LogP contribution in [-0.2, 0) is 9.47 Å². The van der Waals surface area contributed by atoms with Crippen molar-refractivity contribution in [3.63, 3.8) is 0 Å². The highest BCUT2D eigenvalue weighted by atomic mass is 16.5. The maximum Gasteiger partial charge on any atom is 0.378 e. The van der Waals surface area contributed by atoms with E-state index >= 15 is 0 Å². The van der Waals surface area contributed by atoms with Crippen LogP contribution < -0.4 is 0 Å². The quantitative estimate of drug-likeness (QED) is 0.736. The lowest BCUT2D eigenvalue weighted by Crippen LogP contribution is -2.07. The number of H-pyrrole nitrogens is 1. The van der Waals surface area contributed by atoms with E-state index in [4.69, 9.17) is 9.47 Å². The summed E-state index contributed by atoms with van der Waals surface area (Å²) in [6.07, 6.45) is 0.914. The number of ether oxygens (including phenoxy) is 2. The number of aromatic amines is 1. The number of nitrogens with one attached hydrogen (secondary N) is 1. The number of hydrogen-bond acceptors (Lipinski definition) is 5. The molecule has 15 heavy (non-hydrogen) atoms. The maximum atomic E-state index is 11.3. The average molecular weight is 211 g/mol. The fraction of sp³-hybridized carbons (Fsp3) is 0.667. The van der Waals surface area contributed by atoms with E-state index in [-0.39, 0.29) is 11.7 Å². The van der Waals surface area contributed by atoms with E-state index in [1.165, 1.54) is 0 Å². The maximum absolute atomic E-state index is 11.3. The zero-order valence-electron chi connectivity index (χ0n) is 8.52. The molecule has 1 atom stereocenters. The predicted molar refractivity (Wildman–Crippen MR) is 50.5 cm³/mol. The van der Waals surface area contributed by atoms with Crippen molar-refractivity contribution in [2.24, 2.45) is 0 Å². The van der Waals surface area contributed by atoms with Gasteiger partial charge in [0.05, 0.1) is 13.2 Å². The molecule has 1 unspecified atom stereocenters. The molecule has 0 spiro atoms. The van der Waals surface area contributed by atoms with Gasteiger partial charge in [-0.25, -0.2) is 9.78 Å². The zero-order valence-corrected chi connectivity index (χ0v) is 8.52. The van der Waals surface area contributed by atoms with Crippen LogP contribution in [-0.4, -0.2) is 41.0 Å². The molecule has 2 heterocycles. The summed E-state index contributed by atoms with van der Waals surface area (Å²) < 4.78 is 10.0. The standard InChI is InChI=1S/C9H13N3O3/c1-2-15-9(13)8-10-7(11-12-8)6-3-4-14-5-6/h6H,2-5H2,1H3,(H,10,11,12). The Morgan fingerprint density at radius 2 is 2.60 bits per heavy atom. The van der Waals surface area contributed by atoms with Crippen LogP contribution in [0.25, 0.3) is 0 Å². The van der Waals surface area contributed by atoms with Gasteiger partial charge in [-0.3, -0.25) is 5.10 Å². The minimum Gasteiger partial charge on any atom is -0.460 e. The van der Waals surface area contributed by atoms with Gasteiger partial charge in [-0.1, -0.05) is 0 Å². The second-order valence-electron chi connectivity index (χ2n) is 3.33. The van der Waals surface area contributed by atoms with Crippen molar-refractivity contribution in [3.8, 4) is 0 Å². The van der Waals surface area contributed by atoms with E-state index in [0.29, 0.717) is 19.0 Å². The molecule has 1 fully saturated rings. The zero-order chi connectivity index (χ0) is 10.7. The normalized spacial score (nSPS) is 20.5. The lowest BCUT2D eigenvalue weighted by molar-refractivity contribution is 0.0512. The Hall–Kier alpha value is -1.43. The first-order chi connectivity index (χ1) is 7.31. The van der Waals surface area contributed by atoms with Crippen molar-refractivity contribution < 1.29 is 14.3 Å². The van der Waals surface area contributed by atoms with Crippen LogP contribution in [0.1, 0.15) is 35.7 Å². The minimum absolute atomic E-state index is 0.0961. The molecule has 0 aliphatic carbocycles. The Morgan fingerprint density at radius 1 is 1.73 bits per heavy atom. The van der Waals surface area contributed by atoms with E-state index in [1.807, 2.05) is 0 Å². The molecule has 0 bridgehead atoms. The highest BCUT2D eigenvalue weighted by Gasteiger charge is 2.23. The Labute approximate surface area is 87.0 Å². The number of rotatable bonds is 3. The summed E-state index contributed by atoms with van der Waals surface area (Å²) in [4.78, 5) is 15.4. The van der Waals surface area contributed by atoms with Gasteiger partial charge < -0.3 is 9.47 Å². The average Bonchev–Trinajstić information content (AvgIpc) is 2.89. The molecule has 82 valence electrons. The van der Waals surface area contributed by atoms with Crippen molar-refractivity contribution >= 4 is 5.97 Å². The van der Waals surface area contributed by atoms with Gasteiger partial charge in [-0.2, -0.15) is 0 Å². The molecule has 0 radical (unpaired) electrons. The molecule has 2 rings (SSSR count). The van der Waals surface area contributed by atoms with Crippen molar-refractivity contribution in [1.82, 2.24) is 15.2 Å². The number of nitrogens with zero attached hydrogens (tertiary/aromatic N) is 2. The fourth-order valence-electron chi connectivity index (χ4n) is 1.49. The van der Waals surface area contributed by atoms with Crippen molar-refractivity contribution in [2.75, 3.05) is 19.8 Å². The number of aromatic nitrogens is 3. The third-order valence-corrected chi connectivity index (χ3v) is 2.28. The van der Waals surface area contributed by atoms with Gasteiger partial charge >= 0.3 is 5.97 Å². The van der Waals surface area contributed by atoms with Gasteiger partial charge in [-0.15, -0.1) is 5.10 Å². The topological polar surface area (TPSA) is 77.1 Å². The minimum atomic E-state index is -0.487. The van der Waals surface area contributed by atoms with Gasteiger partial charge in [0.15, 0.2) is 0 Å². The summed E-state index contributed by atoms with van der Waals surface area (Å²) in [5, 5.41) is 6.56. The van der Waals surface area contributed by atoms with Crippen LogP contribution in [0, 0.1) is 0 Å². The molecular formula is C9H13N3O3. The SMILES string of the molecule is CCOC(=O)c1n[nH]c(C2CCOC2)n1. The molecule has 0 amide bonds. The Bertz CT molecular complexity index is 344. The van der Waals surface area contributed by atoms with E-state index in [1.54, 1.807) is 6.92 Å². The van der Waals surface area contributed by atoms with Gasteiger partial charge in [0, 0.05) is 12.5 Å². The van der Waals surface area contributed by atoms with Crippen LogP contribution in [0.15, 0.2) is 0 Å². The molecule has 0 aromatic carbocycles. The van der Waals surface area contributed by atoms with E-state index in [2.05, 4.69) is 15.2 Å². The molecule has 1 aliphatic rings. The number of hydrogen-bond donors (Lipinski definition) is 1. The first kappa shape index (κ1) is 10.1. The fourth-order valence-corrected chi connectivity index (χ4v) is 1.49. The molecule has 0 saturated carbocycles. The predicted octanol–water partition coefficient (Wildman–Crippen LogP) is 0.485. The van der Waals surface area contributed by atoms with Crippen LogP contribution >= 0.6 is 0 Å². The summed E-state index contributed by atoms with van der Waals surface area (Å²) in [5.41, 5.74) is 0. The smallest absolute Gasteiger partial charge is 0.378 e. The van der Waals surface area contributed by atoms with Crippen LogP contribution in [0.2, 0.25) is 0 Å². The first-order valence-electron chi connectivity index (χ1n) is 4.98. The molecule has 6 heteroatoms. The van der Waals surface area contributed by atoms with Gasteiger partial charge in [0.25, 0.3) is 5.82 Å². The van der Waals surface area contributed by atoms with Crippen LogP contribution in [0.3, 0.4) is 0 Å². The van der Waals surface area contributed by atoms with Crippen molar-refractivity contribution in [2.45, 2.75) is 19.3 Å². The number of carbonyl (C=O) groups is 1. The summed E-state index contributed by atoms with van der Waals surface area (Å²) in [5.74, 6) is 0.536. The van der Waals surface area contributed by atoms with E-state index in [0.717, 1.165) is 13.0 Å². The molecule has 1 aromatic heterocycles. The number of esters is 1. The second-order valence-corrected chi connectivity index (χ2v) is 3.33. The second kappa shape index (κ2) is 4.39. The summed E-state index contributed by atoms with van der Waals surface area (Å²) >= 11 is 0. The largest absolute Gasteiger partial charge is 0.460 e. The molecular weight excluding hydrogens is 198 g/mol. The Kier molecular flexibility index (Phi) is 2.96. The van der Waals surface area contributed by atoms with E-state index < -0.39 is 5.97 Å². The Balaban J connectivity index is 2.06. The monoisotopic (exact) mass is 211 g/mol. The van der Waals surface area contributed by atoms with Crippen LogP contribution in [0.5, 0.6) is 0 Å². The molecule has 1 aliphatic heterocycles. The lowest BCUT2D eigenvalue weighted by Gasteiger charge is -1.99. The van der Waals surface area contributed by atoms with Gasteiger partial charge in [0.2, 0.25) is 0 Å². The highest BCUT2D eigenvalue weighted by Crippen LogP contribution is 2.21. The van der Waals surface area contributed by atoms with Crippen molar-refractivity contribution in [3.05, 3.63) is 11.6 Å². The third-order valence-electron chi connectivity index (χ3n) is 2.28. The molecule has 6 nitrogen and oxygen atoms in total. The van der Waals surface area contributed by atoms with Crippen LogP contribution in [0.4, 0.5) is 0 Å². The molecule has 1 saturated heterocycles. The Morgan fingerprint density at radius 3 is 3.27 bits per heavy atom. The molecule has 1 aromatic rings. The summed E-state index contributed by atoms with van der Waals surface area (Å²) in [6, 6.07) is 0. The van der Waals surface area contributed by atoms with Crippen molar-refractivity contribution in [1.29, 1.82) is 0 Å². The molecule has 1 N–H and O–H groups in total. The highest BCUT2D eigenvalue weighted by molar-refractivity contribution is 5.84. The third kappa shape index (κ3) is 2.15. The summed E-state index contributed by atoms with van der Waals surface area (Å²) in [7, 11) is 0. The number of carbonyl (C=O) groups excluding carboxylic acids is 1. The van der Waals surface area contributed by atoms with E-state index in [9.17, 15) is 4.79 Å². The van der Waals surface area contributed by atoms with Gasteiger partial charge in [-0.05, 0) is 13.3 Å². The lowest BCUT2D eigenvalue weighted by atomic mass is 10.1. The summed E-state index contributed by atoms with van der Waals surface area (Å²) in [6.45, 7) is 3.45. The van der Waals surface area contributed by atoms with Gasteiger partial charge in [0.1, 0.15) is 5.82 Å².